The van der Waals surface area contributed by atoms with Gasteiger partial charge in [-0.2, -0.15) is 0 Å². The van der Waals surface area contributed by atoms with Gasteiger partial charge in [0.15, 0.2) is 0 Å². The summed E-state index contributed by atoms with van der Waals surface area (Å²) in [6.07, 6.45) is 3.99. The van der Waals surface area contributed by atoms with E-state index in [4.69, 9.17) is 0 Å². The van der Waals surface area contributed by atoms with Crippen molar-refractivity contribution >= 4 is 34.7 Å². The number of thioether (sulfide) groups is 1. The Morgan fingerprint density at radius 3 is 2.57 bits per heavy atom. The zero-order valence-electron chi connectivity index (χ0n) is 15.8. The third-order valence-electron chi connectivity index (χ3n) is 4.72. The number of amides is 2. The SMILES string of the molecule is O=C1S/C(=C\c2cccn2-c2cccc([N+](=O)[O-])c2)C(=O)N1CCc1ccccc1. The first-order chi connectivity index (χ1) is 14.5. The summed E-state index contributed by atoms with van der Waals surface area (Å²) >= 11 is 0.904. The fraction of sp³-hybridized carbons (Fsp3) is 0.0909. The summed E-state index contributed by atoms with van der Waals surface area (Å²) in [5, 5.41) is 10.8. The van der Waals surface area contributed by atoms with Crippen LogP contribution in [0.4, 0.5) is 10.5 Å². The van der Waals surface area contributed by atoms with Crippen LogP contribution in [0.3, 0.4) is 0 Å². The number of carbonyl (C=O) groups is 2. The molecule has 0 radical (unpaired) electrons. The molecule has 1 fully saturated rings. The van der Waals surface area contributed by atoms with Gasteiger partial charge < -0.3 is 4.57 Å². The summed E-state index contributed by atoms with van der Waals surface area (Å²) < 4.78 is 1.74. The molecule has 3 aromatic rings. The summed E-state index contributed by atoms with van der Waals surface area (Å²) in [5.74, 6) is -0.326. The van der Waals surface area contributed by atoms with Crippen LogP contribution in [0.25, 0.3) is 11.8 Å². The maximum absolute atomic E-state index is 12.8. The second-order valence-corrected chi connectivity index (χ2v) is 7.64. The number of benzene rings is 2. The van der Waals surface area contributed by atoms with Crippen molar-refractivity contribution in [2.24, 2.45) is 0 Å². The molecule has 1 saturated heterocycles. The van der Waals surface area contributed by atoms with Crippen molar-refractivity contribution in [1.29, 1.82) is 0 Å². The Bertz CT molecular complexity index is 1150. The summed E-state index contributed by atoms with van der Waals surface area (Å²) in [4.78, 5) is 37.3. The fourth-order valence-corrected chi connectivity index (χ4v) is 4.07. The molecule has 0 N–H and O–H groups in total. The predicted molar refractivity (Wildman–Crippen MR) is 115 cm³/mol. The summed E-state index contributed by atoms with van der Waals surface area (Å²) in [6.45, 7) is 0.317. The van der Waals surface area contributed by atoms with Crippen molar-refractivity contribution in [1.82, 2.24) is 9.47 Å². The second kappa shape index (κ2) is 8.38. The molecule has 0 bridgehead atoms. The molecule has 0 atom stereocenters. The molecule has 1 aliphatic heterocycles. The van der Waals surface area contributed by atoms with Gasteiger partial charge in [0.1, 0.15) is 0 Å². The van der Waals surface area contributed by atoms with E-state index in [1.54, 1.807) is 41.1 Å². The van der Waals surface area contributed by atoms with E-state index in [0.717, 1.165) is 17.3 Å². The van der Waals surface area contributed by atoms with Crippen LogP contribution in [0.1, 0.15) is 11.3 Å². The monoisotopic (exact) mass is 419 g/mol. The minimum absolute atomic E-state index is 0.0200. The summed E-state index contributed by atoms with van der Waals surface area (Å²) in [7, 11) is 0. The maximum atomic E-state index is 12.8. The van der Waals surface area contributed by atoms with E-state index in [2.05, 4.69) is 0 Å². The van der Waals surface area contributed by atoms with Crippen molar-refractivity contribution in [3.05, 3.63) is 99.2 Å². The van der Waals surface area contributed by atoms with Gasteiger partial charge in [0.25, 0.3) is 16.8 Å². The van der Waals surface area contributed by atoms with Crippen LogP contribution in [0.2, 0.25) is 0 Å². The van der Waals surface area contributed by atoms with Gasteiger partial charge in [-0.25, -0.2) is 0 Å². The Morgan fingerprint density at radius 2 is 1.80 bits per heavy atom. The average molecular weight is 419 g/mol. The van der Waals surface area contributed by atoms with Gasteiger partial charge >= 0.3 is 0 Å². The van der Waals surface area contributed by atoms with Crippen LogP contribution in [0.15, 0.2) is 77.8 Å². The smallest absolute Gasteiger partial charge is 0.293 e. The van der Waals surface area contributed by atoms with E-state index in [9.17, 15) is 19.7 Å². The molecular weight excluding hydrogens is 402 g/mol. The summed E-state index contributed by atoms with van der Waals surface area (Å²) in [6, 6.07) is 19.5. The first-order valence-corrected chi connectivity index (χ1v) is 10.1. The Balaban J connectivity index is 1.55. The molecule has 30 heavy (non-hydrogen) atoms. The Morgan fingerprint density at radius 1 is 1.00 bits per heavy atom. The van der Waals surface area contributed by atoms with Crippen molar-refractivity contribution in [2.45, 2.75) is 6.42 Å². The highest BCUT2D eigenvalue weighted by Gasteiger charge is 2.34. The number of nitro groups is 1. The first kappa shape index (κ1) is 19.7. The van der Waals surface area contributed by atoms with Gasteiger partial charge in [-0.05, 0) is 48.0 Å². The predicted octanol–water partition coefficient (Wildman–Crippen LogP) is 4.66. The van der Waals surface area contributed by atoms with Crippen LogP contribution in [-0.2, 0) is 11.2 Å². The number of imide groups is 1. The molecule has 1 aliphatic rings. The fourth-order valence-electron chi connectivity index (χ4n) is 3.22. The number of aromatic nitrogens is 1. The van der Waals surface area contributed by atoms with Gasteiger partial charge in [-0.15, -0.1) is 0 Å². The van der Waals surface area contributed by atoms with Crippen molar-refractivity contribution in [3.8, 4) is 5.69 Å². The highest BCUT2D eigenvalue weighted by molar-refractivity contribution is 8.18. The van der Waals surface area contributed by atoms with E-state index in [1.165, 1.54) is 17.0 Å². The standard InChI is InChI=1S/C22H17N3O4S/c26-21-20(30-22(27)24(21)13-11-16-6-2-1-3-7-16)15-18-10-5-12-23(18)17-8-4-9-19(14-17)25(28)29/h1-10,12,14-15H,11,13H2/b20-15-. The molecule has 0 saturated carbocycles. The van der Waals surface area contributed by atoms with Crippen LogP contribution < -0.4 is 0 Å². The van der Waals surface area contributed by atoms with Crippen LogP contribution in [0, 0.1) is 10.1 Å². The van der Waals surface area contributed by atoms with E-state index in [-0.39, 0.29) is 16.8 Å². The minimum atomic E-state index is -0.454. The number of hydrogen-bond donors (Lipinski definition) is 0. The molecule has 2 amide bonds. The van der Waals surface area contributed by atoms with Gasteiger partial charge in [-0.1, -0.05) is 36.4 Å². The lowest BCUT2D eigenvalue weighted by molar-refractivity contribution is -0.384. The van der Waals surface area contributed by atoms with Crippen molar-refractivity contribution in [3.63, 3.8) is 0 Å². The number of hydrogen-bond acceptors (Lipinski definition) is 5. The van der Waals surface area contributed by atoms with Gasteiger partial charge in [0, 0.05) is 30.6 Å². The highest BCUT2D eigenvalue weighted by Crippen LogP contribution is 2.33. The zero-order chi connectivity index (χ0) is 21.1. The van der Waals surface area contributed by atoms with Crippen LogP contribution in [0.5, 0.6) is 0 Å². The molecule has 7 nitrogen and oxygen atoms in total. The average Bonchev–Trinajstić information content (AvgIpc) is 3.32. The Hall–Kier alpha value is -3.65. The van der Waals surface area contributed by atoms with Gasteiger partial charge in [0.2, 0.25) is 0 Å². The van der Waals surface area contributed by atoms with Crippen LogP contribution >= 0.6 is 11.8 Å². The Labute approximate surface area is 176 Å². The highest BCUT2D eigenvalue weighted by atomic mass is 32.2. The summed E-state index contributed by atoms with van der Waals surface area (Å²) in [5.41, 5.74) is 2.29. The molecule has 1 aromatic heterocycles. The number of nitrogens with zero attached hydrogens (tertiary/aromatic N) is 3. The second-order valence-electron chi connectivity index (χ2n) is 6.65. The molecule has 150 valence electrons. The third-order valence-corrected chi connectivity index (χ3v) is 5.63. The molecule has 2 heterocycles. The van der Waals surface area contributed by atoms with Gasteiger partial charge in [0.05, 0.1) is 15.5 Å². The number of non-ortho nitro benzene ring substituents is 1. The van der Waals surface area contributed by atoms with Crippen molar-refractivity contribution in [2.75, 3.05) is 6.54 Å². The maximum Gasteiger partial charge on any atom is 0.293 e. The number of nitro benzene ring substituents is 1. The largest absolute Gasteiger partial charge is 0.317 e. The first-order valence-electron chi connectivity index (χ1n) is 9.24. The lowest BCUT2D eigenvalue weighted by atomic mass is 10.1. The van der Waals surface area contributed by atoms with E-state index in [1.807, 2.05) is 30.3 Å². The zero-order valence-corrected chi connectivity index (χ0v) is 16.6. The van der Waals surface area contributed by atoms with Crippen molar-refractivity contribution < 1.29 is 14.5 Å². The molecule has 2 aromatic carbocycles. The number of rotatable bonds is 6. The molecular formula is C22H17N3O4S. The lowest BCUT2D eigenvalue weighted by Gasteiger charge is -2.12. The molecule has 0 unspecified atom stereocenters. The Kier molecular flexibility index (Phi) is 5.49. The molecule has 0 spiro atoms. The van der Waals surface area contributed by atoms with E-state index >= 15 is 0 Å². The number of carbonyl (C=O) groups excluding carboxylic acids is 2. The third kappa shape index (κ3) is 4.04. The van der Waals surface area contributed by atoms with Crippen LogP contribution in [-0.4, -0.2) is 32.1 Å². The molecule has 8 heteroatoms. The normalized spacial score (nSPS) is 15.2. The quantitative estimate of drug-likeness (QED) is 0.329. The van der Waals surface area contributed by atoms with Gasteiger partial charge in [-0.3, -0.25) is 24.6 Å². The van der Waals surface area contributed by atoms with E-state index < -0.39 is 4.92 Å². The lowest BCUT2D eigenvalue weighted by Crippen LogP contribution is -2.30. The molecule has 4 rings (SSSR count). The van der Waals surface area contributed by atoms with E-state index in [0.29, 0.717) is 29.3 Å². The molecule has 0 aliphatic carbocycles. The minimum Gasteiger partial charge on any atom is -0.317 e. The topological polar surface area (TPSA) is 85.5 Å².